The fourth-order valence-electron chi connectivity index (χ4n) is 5.30. The molecule has 7 heterocycles. The van der Waals surface area contributed by atoms with Gasteiger partial charge >= 0.3 is 0 Å². The lowest BCUT2D eigenvalue weighted by Crippen LogP contribution is -2.27. The third-order valence-corrected chi connectivity index (χ3v) is 7.58. The lowest BCUT2D eigenvalue weighted by molar-refractivity contribution is -0.119. The molecule has 190 valence electrons. The smallest absolute Gasteiger partial charge is 0.236 e. The molecule has 2 aliphatic rings. The number of carbonyl (C=O) groups is 1. The molecule has 0 fully saturated rings. The van der Waals surface area contributed by atoms with Gasteiger partial charge in [0, 0.05) is 60.5 Å². The number of imidazole rings is 1. The number of nitrogens with zero attached hydrogens (tertiary/aromatic N) is 7. The van der Waals surface area contributed by atoms with Crippen molar-refractivity contribution in [3.63, 3.8) is 0 Å². The van der Waals surface area contributed by atoms with Gasteiger partial charge in [0.05, 0.1) is 29.0 Å². The zero-order valence-corrected chi connectivity index (χ0v) is 21.3. The Bertz CT molecular complexity index is 1780. The van der Waals surface area contributed by atoms with E-state index in [4.69, 9.17) is 10.8 Å². The number of aromatic nitrogens is 7. The predicted octanol–water partition coefficient (Wildman–Crippen LogP) is 3.55. The van der Waals surface area contributed by atoms with E-state index in [2.05, 4.69) is 41.2 Å². The van der Waals surface area contributed by atoms with Gasteiger partial charge in [-0.05, 0) is 43.9 Å². The summed E-state index contributed by atoms with van der Waals surface area (Å²) in [6.45, 7) is 7.23. The predicted molar refractivity (Wildman–Crippen MR) is 144 cm³/mol. The van der Waals surface area contributed by atoms with Crippen molar-refractivity contribution in [1.29, 1.82) is 0 Å². The van der Waals surface area contributed by atoms with Crippen LogP contribution in [0.4, 0.5) is 23.1 Å². The Morgan fingerprint density at radius 2 is 1.97 bits per heavy atom. The molecule has 11 nitrogen and oxygen atoms in total. The van der Waals surface area contributed by atoms with Crippen molar-refractivity contribution in [1.82, 2.24) is 34.3 Å². The summed E-state index contributed by atoms with van der Waals surface area (Å²) in [7, 11) is 0. The molecule has 7 rings (SSSR count). The van der Waals surface area contributed by atoms with E-state index in [1.807, 2.05) is 50.0 Å². The minimum atomic E-state index is -0.674. The number of carbonyl (C=O) groups excluding carboxylic acids is 1. The van der Waals surface area contributed by atoms with Crippen molar-refractivity contribution in [3.05, 3.63) is 65.8 Å². The minimum Gasteiger partial charge on any atom is -0.383 e. The number of rotatable bonds is 3. The molecule has 0 radical (unpaired) electrons. The molecular weight excluding hydrogens is 480 g/mol. The zero-order valence-electron chi connectivity index (χ0n) is 21.3. The number of nitrogens with one attached hydrogen (secondary N) is 2. The first kappa shape index (κ1) is 22.4. The van der Waals surface area contributed by atoms with Crippen LogP contribution >= 0.6 is 0 Å². The summed E-state index contributed by atoms with van der Waals surface area (Å²) >= 11 is 0. The Labute approximate surface area is 218 Å². The molecule has 0 atom stereocenters. The van der Waals surface area contributed by atoms with Crippen molar-refractivity contribution in [3.8, 4) is 11.3 Å². The van der Waals surface area contributed by atoms with Crippen molar-refractivity contribution in [2.45, 2.75) is 45.7 Å². The molecule has 11 heteroatoms. The molecule has 0 aromatic carbocycles. The number of nitrogens with two attached hydrogens (primary N) is 1. The second-order valence-electron chi connectivity index (χ2n) is 10.4. The van der Waals surface area contributed by atoms with E-state index in [9.17, 15) is 4.79 Å². The Hall–Kier alpha value is -4.80. The van der Waals surface area contributed by atoms with Crippen molar-refractivity contribution >= 4 is 39.8 Å². The molecule has 0 aliphatic carbocycles. The van der Waals surface area contributed by atoms with Gasteiger partial charge in [0.2, 0.25) is 5.91 Å². The van der Waals surface area contributed by atoms with Crippen LogP contribution in [0, 0.1) is 6.92 Å². The van der Waals surface area contributed by atoms with Gasteiger partial charge in [-0.1, -0.05) is 0 Å². The molecule has 1 amide bonds. The first-order valence-electron chi connectivity index (χ1n) is 12.5. The van der Waals surface area contributed by atoms with E-state index in [0.29, 0.717) is 23.9 Å². The van der Waals surface area contributed by atoms with Crippen molar-refractivity contribution in [2.75, 3.05) is 16.4 Å². The number of fused-ring (bicyclic) bond motifs is 4. The highest BCUT2D eigenvalue weighted by Gasteiger charge is 2.41. The van der Waals surface area contributed by atoms with Crippen LogP contribution in [0.3, 0.4) is 0 Å². The summed E-state index contributed by atoms with van der Waals surface area (Å²) in [4.78, 5) is 30.7. The van der Waals surface area contributed by atoms with Crippen LogP contribution in [0.2, 0.25) is 0 Å². The third kappa shape index (κ3) is 3.35. The molecule has 5 aromatic heterocycles. The van der Waals surface area contributed by atoms with E-state index in [1.165, 1.54) is 0 Å². The highest BCUT2D eigenvalue weighted by molar-refractivity contribution is 6.06. The number of hydrogen-bond acceptors (Lipinski definition) is 8. The molecule has 0 bridgehead atoms. The lowest BCUT2D eigenvalue weighted by Gasteiger charge is -2.15. The van der Waals surface area contributed by atoms with Crippen LogP contribution in [0.1, 0.15) is 36.6 Å². The maximum Gasteiger partial charge on any atom is 0.236 e. The topological polar surface area (TPSA) is 141 Å². The van der Waals surface area contributed by atoms with Crippen molar-refractivity contribution < 1.29 is 4.79 Å². The molecule has 0 saturated carbocycles. The summed E-state index contributed by atoms with van der Waals surface area (Å²) in [5.41, 5.74) is 10.7. The third-order valence-electron chi connectivity index (χ3n) is 7.58. The number of pyridine rings is 3. The largest absolute Gasteiger partial charge is 0.383 e. The monoisotopic (exact) mass is 506 g/mol. The van der Waals surface area contributed by atoms with Gasteiger partial charge in [0.25, 0.3) is 0 Å². The van der Waals surface area contributed by atoms with Gasteiger partial charge in [-0.15, -0.1) is 0 Å². The molecule has 4 N–H and O–H groups in total. The second-order valence-corrected chi connectivity index (χ2v) is 10.4. The van der Waals surface area contributed by atoms with E-state index in [0.717, 1.165) is 63.6 Å². The minimum absolute atomic E-state index is 0.0603. The number of amides is 1. The van der Waals surface area contributed by atoms with Gasteiger partial charge in [0.15, 0.2) is 5.82 Å². The zero-order chi connectivity index (χ0) is 26.2. The molecule has 0 unspecified atom stereocenters. The van der Waals surface area contributed by atoms with Gasteiger partial charge in [-0.25, -0.2) is 15.0 Å². The fourth-order valence-corrected chi connectivity index (χ4v) is 5.30. The molecule has 5 aromatic rings. The SMILES string of the molecule is Cc1c(-c2cc3cc(Nc4cc5n(n4)Cc4nccn4CC5)ncc3c(N)n2)cnc2c1NC(=O)C2(C)C. The van der Waals surface area contributed by atoms with Gasteiger partial charge in [-0.2, -0.15) is 5.10 Å². The fraction of sp³-hybridized carbons (Fsp3) is 0.259. The standard InChI is InChI=1S/C27H26N10O/c1-14-17(11-31-24-23(14)34-26(38)27(24,2)3)19-8-15-9-20(30-12-18(15)25(28)32-19)33-21-10-16-4-6-36-7-5-29-22(36)13-37(16)35-21/h5,7-12H,4,6,13H2,1-3H3,(H2,28,32)(H,34,38)(H,30,33,35). The van der Waals surface area contributed by atoms with Gasteiger partial charge < -0.3 is 20.9 Å². The summed E-state index contributed by atoms with van der Waals surface area (Å²) in [6.07, 6.45) is 8.20. The van der Waals surface area contributed by atoms with Gasteiger partial charge in [0.1, 0.15) is 17.5 Å². The Morgan fingerprint density at radius 1 is 1.11 bits per heavy atom. The van der Waals surface area contributed by atoms with E-state index < -0.39 is 5.41 Å². The molecule has 38 heavy (non-hydrogen) atoms. The summed E-state index contributed by atoms with van der Waals surface area (Å²) in [5.74, 6) is 2.70. The maximum atomic E-state index is 12.5. The number of nitrogen functional groups attached to an aromatic ring is 1. The van der Waals surface area contributed by atoms with Crippen LogP contribution in [-0.2, 0) is 29.7 Å². The first-order chi connectivity index (χ1) is 18.3. The number of aryl methyl sites for hydroxylation is 2. The van der Waals surface area contributed by atoms with E-state index >= 15 is 0 Å². The Balaban J connectivity index is 1.23. The van der Waals surface area contributed by atoms with Gasteiger partial charge in [-0.3, -0.25) is 14.5 Å². The molecular formula is C27H26N10O. The molecule has 0 saturated heterocycles. The summed E-state index contributed by atoms with van der Waals surface area (Å²) in [5, 5.41) is 12.7. The quantitative estimate of drug-likeness (QED) is 0.337. The van der Waals surface area contributed by atoms with Crippen LogP contribution < -0.4 is 16.4 Å². The number of hydrogen-bond donors (Lipinski definition) is 3. The highest BCUT2D eigenvalue weighted by Crippen LogP contribution is 2.41. The number of anilines is 4. The lowest BCUT2D eigenvalue weighted by atomic mass is 9.89. The van der Waals surface area contributed by atoms with E-state index in [-0.39, 0.29) is 5.91 Å². The average molecular weight is 507 g/mol. The van der Waals surface area contributed by atoms with Crippen LogP contribution in [0.5, 0.6) is 0 Å². The van der Waals surface area contributed by atoms with Crippen LogP contribution in [-0.4, -0.2) is 40.2 Å². The molecule has 2 aliphatic heterocycles. The van der Waals surface area contributed by atoms with Crippen LogP contribution in [0.25, 0.3) is 22.0 Å². The second kappa shape index (κ2) is 7.85. The van der Waals surface area contributed by atoms with Crippen molar-refractivity contribution in [2.24, 2.45) is 0 Å². The highest BCUT2D eigenvalue weighted by atomic mass is 16.2. The summed E-state index contributed by atoms with van der Waals surface area (Å²) in [6, 6.07) is 5.97. The Morgan fingerprint density at radius 3 is 2.84 bits per heavy atom. The Kier molecular flexibility index (Phi) is 4.63. The average Bonchev–Trinajstić information content (AvgIpc) is 3.52. The first-order valence-corrected chi connectivity index (χ1v) is 12.5. The summed E-state index contributed by atoms with van der Waals surface area (Å²) < 4.78 is 4.15. The van der Waals surface area contributed by atoms with E-state index in [1.54, 1.807) is 12.4 Å². The normalized spacial score (nSPS) is 15.5. The van der Waals surface area contributed by atoms with Crippen LogP contribution in [0.15, 0.2) is 43.0 Å². The maximum absolute atomic E-state index is 12.5. The molecule has 0 spiro atoms.